The number of rotatable bonds is 5. The molecule has 4 aromatic rings. The lowest BCUT2D eigenvalue weighted by Crippen LogP contribution is -2.40. The highest BCUT2D eigenvalue weighted by Gasteiger charge is 2.26. The van der Waals surface area contributed by atoms with Crippen LogP contribution in [0, 0.1) is 20.8 Å². The minimum absolute atomic E-state index is 0.232. The quantitative estimate of drug-likeness (QED) is 0.388. The molecule has 0 N–H and O–H groups in total. The molecule has 0 bridgehead atoms. The van der Waals surface area contributed by atoms with Crippen molar-refractivity contribution in [3.63, 3.8) is 0 Å². The number of hydrogen-bond acceptors (Lipinski definition) is 6. The summed E-state index contributed by atoms with van der Waals surface area (Å²) in [7, 11) is -3.62. The fraction of sp³-hybridized carbons (Fsp3) is 0.269. The van der Waals surface area contributed by atoms with E-state index in [1.165, 1.54) is 8.98 Å². The van der Waals surface area contributed by atoms with Gasteiger partial charge in [0.1, 0.15) is 5.82 Å². The second kappa shape index (κ2) is 9.45. The van der Waals surface area contributed by atoms with E-state index in [1.54, 1.807) is 49.5 Å². The van der Waals surface area contributed by atoms with E-state index in [2.05, 4.69) is 10.1 Å². The molecule has 2 aromatic heterocycles. The molecule has 0 amide bonds. The van der Waals surface area contributed by atoms with Gasteiger partial charge in [0.05, 0.1) is 35.2 Å². The Hall–Kier alpha value is -3.60. The van der Waals surface area contributed by atoms with Gasteiger partial charge in [0.15, 0.2) is 0 Å². The summed E-state index contributed by atoms with van der Waals surface area (Å²) in [5.41, 5.74) is 3.74. The Morgan fingerprint density at radius 1 is 1.00 bits per heavy atom. The van der Waals surface area contributed by atoms with Gasteiger partial charge in [-0.05, 0) is 57.2 Å². The van der Waals surface area contributed by atoms with Crippen molar-refractivity contribution in [2.75, 3.05) is 26.3 Å². The van der Waals surface area contributed by atoms with Crippen LogP contribution in [0.4, 0.5) is 0 Å². The summed E-state index contributed by atoms with van der Waals surface area (Å²) in [6, 6.07) is 16.1. The molecule has 10 heteroatoms. The minimum atomic E-state index is -3.62. The first kappa shape index (κ1) is 24.1. The number of morpholine rings is 1. The summed E-state index contributed by atoms with van der Waals surface area (Å²) < 4.78 is 36.4. The zero-order valence-electron chi connectivity index (χ0n) is 20.4. The predicted molar refractivity (Wildman–Crippen MR) is 139 cm³/mol. The number of aromatic nitrogens is 3. The second-order valence-corrected chi connectivity index (χ2v) is 10.7. The third kappa shape index (κ3) is 4.27. The molecule has 1 aliphatic rings. The summed E-state index contributed by atoms with van der Waals surface area (Å²) in [5, 5.41) is 4.95. The highest BCUT2D eigenvalue weighted by atomic mass is 32.2. The van der Waals surface area contributed by atoms with Crippen LogP contribution in [0.5, 0.6) is 0 Å². The smallest absolute Gasteiger partial charge is 0.282 e. The van der Waals surface area contributed by atoms with Crippen LogP contribution in [0.3, 0.4) is 0 Å². The average Bonchev–Trinajstić information content (AvgIpc) is 3.17. The van der Waals surface area contributed by atoms with Crippen molar-refractivity contribution in [3.8, 4) is 5.69 Å². The summed E-state index contributed by atoms with van der Waals surface area (Å²) in [5.74, 6) is 0.491. The molecular formula is C26H27N5O4S. The molecule has 9 nitrogen and oxygen atoms in total. The molecule has 0 spiro atoms. The van der Waals surface area contributed by atoms with Crippen LogP contribution >= 0.6 is 0 Å². The van der Waals surface area contributed by atoms with Crippen molar-refractivity contribution < 1.29 is 13.2 Å². The first-order valence-electron chi connectivity index (χ1n) is 11.7. The second-order valence-electron chi connectivity index (χ2n) is 8.71. The van der Waals surface area contributed by atoms with Crippen LogP contribution in [0.15, 0.2) is 69.4 Å². The fourth-order valence-corrected chi connectivity index (χ4v) is 5.97. The number of para-hydroxylation sites is 1. The van der Waals surface area contributed by atoms with Gasteiger partial charge >= 0.3 is 0 Å². The molecule has 1 saturated heterocycles. The van der Waals surface area contributed by atoms with Crippen molar-refractivity contribution >= 4 is 27.1 Å². The highest BCUT2D eigenvalue weighted by Crippen LogP contribution is 2.24. The fourth-order valence-electron chi connectivity index (χ4n) is 4.53. The lowest BCUT2D eigenvalue weighted by molar-refractivity contribution is 0.0730. The molecule has 0 saturated carbocycles. The van der Waals surface area contributed by atoms with E-state index in [-0.39, 0.29) is 10.5 Å². The molecule has 0 unspecified atom stereocenters. The van der Waals surface area contributed by atoms with Gasteiger partial charge in [-0.15, -0.1) is 0 Å². The number of aryl methyl sites for hydroxylation is 2. The van der Waals surface area contributed by atoms with Crippen molar-refractivity contribution in [2.24, 2.45) is 5.10 Å². The Morgan fingerprint density at radius 2 is 1.75 bits per heavy atom. The molecule has 1 fully saturated rings. The van der Waals surface area contributed by atoms with Crippen LogP contribution in [0.25, 0.3) is 16.6 Å². The van der Waals surface area contributed by atoms with Gasteiger partial charge in [-0.1, -0.05) is 18.2 Å². The maximum absolute atomic E-state index is 13.2. The maximum atomic E-state index is 13.2. The van der Waals surface area contributed by atoms with Crippen molar-refractivity contribution in [1.29, 1.82) is 0 Å². The van der Waals surface area contributed by atoms with E-state index >= 15 is 0 Å². The van der Waals surface area contributed by atoms with Crippen LogP contribution in [0.1, 0.15) is 22.8 Å². The van der Waals surface area contributed by atoms with Crippen LogP contribution < -0.4 is 5.56 Å². The number of hydrogen-bond donors (Lipinski definition) is 0. The number of nitrogens with zero attached hydrogens (tertiary/aromatic N) is 5. The van der Waals surface area contributed by atoms with Crippen LogP contribution in [-0.4, -0.2) is 59.5 Å². The average molecular weight is 506 g/mol. The van der Waals surface area contributed by atoms with Crippen molar-refractivity contribution in [1.82, 2.24) is 18.5 Å². The molecular weight excluding hydrogens is 478 g/mol. The zero-order chi connectivity index (χ0) is 25.4. The Balaban J connectivity index is 1.51. The Kier molecular flexibility index (Phi) is 6.33. The third-order valence-corrected chi connectivity index (χ3v) is 8.28. The third-order valence-electron chi connectivity index (χ3n) is 6.38. The first-order valence-corrected chi connectivity index (χ1v) is 13.1. The largest absolute Gasteiger partial charge is 0.379 e. The van der Waals surface area contributed by atoms with Gasteiger partial charge in [0.25, 0.3) is 5.56 Å². The molecule has 3 heterocycles. The van der Waals surface area contributed by atoms with Gasteiger partial charge in [-0.25, -0.2) is 13.4 Å². The van der Waals surface area contributed by atoms with Gasteiger partial charge < -0.3 is 9.30 Å². The minimum Gasteiger partial charge on any atom is -0.379 e. The number of ether oxygens (including phenoxy) is 1. The molecule has 1 aliphatic heterocycles. The topological polar surface area (TPSA) is 98.8 Å². The van der Waals surface area contributed by atoms with E-state index < -0.39 is 10.0 Å². The lowest BCUT2D eigenvalue weighted by atomic mass is 10.2. The Labute approximate surface area is 209 Å². The highest BCUT2D eigenvalue weighted by molar-refractivity contribution is 7.89. The summed E-state index contributed by atoms with van der Waals surface area (Å²) >= 11 is 0. The van der Waals surface area contributed by atoms with E-state index in [0.717, 1.165) is 22.6 Å². The van der Waals surface area contributed by atoms with Gasteiger partial charge in [-0.2, -0.15) is 14.1 Å². The Morgan fingerprint density at radius 3 is 2.53 bits per heavy atom. The summed E-state index contributed by atoms with van der Waals surface area (Å²) in [6.45, 7) is 7.11. The normalized spacial score (nSPS) is 15.2. The van der Waals surface area contributed by atoms with Gasteiger partial charge in [-0.3, -0.25) is 4.79 Å². The molecule has 36 heavy (non-hydrogen) atoms. The van der Waals surface area contributed by atoms with E-state index in [0.29, 0.717) is 43.0 Å². The monoisotopic (exact) mass is 505 g/mol. The molecule has 0 aliphatic carbocycles. The van der Waals surface area contributed by atoms with E-state index in [1.807, 2.05) is 36.6 Å². The standard InChI is InChI=1S/C26H27N5O4S/c1-18-15-21(17-27-31-20(3)28-25-10-5-4-9-24(25)26(31)32)19(2)30(18)22-7-6-8-23(16-22)36(33,34)29-11-13-35-14-12-29/h4-10,15-17H,11-14H2,1-3H3/b27-17+. The number of benzene rings is 2. The Bertz CT molecular complexity index is 1650. The zero-order valence-corrected chi connectivity index (χ0v) is 21.2. The summed E-state index contributed by atoms with van der Waals surface area (Å²) in [6.07, 6.45) is 1.64. The van der Waals surface area contributed by atoms with Crippen molar-refractivity contribution in [2.45, 2.75) is 25.7 Å². The number of sulfonamides is 1. The number of fused-ring (bicyclic) bond motifs is 1. The van der Waals surface area contributed by atoms with Crippen LogP contribution in [0.2, 0.25) is 0 Å². The molecule has 5 rings (SSSR count). The summed E-state index contributed by atoms with van der Waals surface area (Å²) in [4.78, 5) is 17.7. The van der Waals surface area contributed by atoms with Gasteiger partial charge in [0, 0.05) is 35.7 Å². The van der Waals surface area contributed by atoms with Crippen molar-refractivity contribution in [3.05, 3.63) is 87.7 Å². The molecule has 0 radical (unpaired) electrons. The lowest BCUT2D eigenvalue weighted by Gasteiger charge is -2.26. The van der Waals surface area contributed by atoms with Gasteiger partial charge in [0.2, 0.25) is 10.0 Å². The first-order chi connectivity index (χ1) is 17.3. The van der Waals surface area contributed by atoms with E-state index in [9.17, 15) is 13.2 Å². The molecule has 186 valence electrons. The maximum Gasteiger partial charge on any atom is 0.282 e. The molecule has 2 aromatic carbocycles. The molecule has 0 atom stereocenters. The predicted octanol–water partition coefficient (Wildman–Crippen LogP) is 3.02. The van der Waals surface area contributed by atoms with Crippen LogP contribution in [-0.2, 0) is 14.8 Å². The SMILES string of the molecule is Cc1cc(/C=N/n2c(C)nc3ccccc3c2=O)c(C)n1-c1cccc(S(=O)(=O)N2CCOCC2)c1. The van der Waals surface area contributed by atoms with E-state index in [4.69, 9.17) is 4.74 Å².